The highest BCUT2D eigenvalue weighted by molar-refractivity contribution is 7.80. The average molecular weight is 433 g/mol. The van der Waals surface area contributed by atoms with Crippen molar-refractivity contribution in [1.29, 1.82) is 0 Å². The van der Waals surface area contributed by atoms with E-state index < -0.39 is 5.97 Å². The summed E-state index contributed by atoms with van der Waals surface area (Å²) in [6.45, 7) is 4.76. The normalized spacial score (nSPS) is 12.4. The van der Waals surface area contributed by atoms with Crippen LogP contribution in [0.25, 0.3) is 0 Å². The second-order valence-electron chi connectivity index (χ2n) is 7.19. The van der Waals surface area contributed by atoms with Crippen LogP contribution in [0.2, 0.25) is 0 Å². The molecule has 0 bridgehead atoms. The van der Waals surface area contributed by atoms with Crippen molar-refractivity contribution in [2.24, 2.45) is 5.92 Å². The highest BCUT2D eigenvalue weighted by Gasteiger charge is 2.27. The number of aryl methyl sites for hydroxylation is 1. The highest BCUT2D eigenvalue weighted by atomic mass is 32.1. The number of hydrogen-bond acceptors (Lipinski definition) is 6. The maximum absolute atomic E-state index is 12.5. The first-order chi connectivity index (χ1) is 13.9. The molecular formula is C21H24N2O4S2. The molecule has 8 heteroatoms. The van der Waals surface area contributed by atoms with Crippen molar-refractivity contribution in [2.45, 2.75) is 33.1 Å². The van der Waals surface area contributed by atoms with Gasteiger partial charge in [0, 0.05) is 10.4 Å². The number of anilines is 1. The average Bonchev–Trinajstić information content (AvgIpc) is 3.26. The molecule has 1 amide bonds. The second kappa shape index (κ2) is 9.37. The fraction of sp³-hybridized carbons (Fsp3) is 0.381. The largest absolute Gasteiger partial charge is 0.493 e. The van der Waals surface area contributed by atoms with Gasteiger partial charge in [-0.3, -0.25) is 10.1 Å². The third-order valence-electron chi connectivity index (χ3n) is 4.46. The molecule has 0 aliphatic heterocycles. The lowest BCUT2D eigenvalue weighted by atomic mass is 10.1. The summed E-state index contributed by atoms with van der Waals surface area (Å²) in [5, 5.41) is 6.41. The Morgan fingerprint density at radius 1 is 1.21 bits per heavy atom. The number of thiocarbonyl (C=S) groups is 1. The van der Waals surface area contributed by atoms with Gasteiger partial charge in [0.2, 0.25) is 0 Å². The summed E-state index contributed by atoms with van der Waals surface area (Å²) in [4.78, 5) is 25.8. The molecule has 6 nitrogen and oxygen atoms in total. The number of carbonyl (C=O) groups is 2. The molecule has 1 heterocycles. The molecule has 3 rings (SSSR count). The molecule has 0 saturated heterocycles. The van der Waals surface area contributed by atoms with Crippen molar-refractivity contribution in [3.05, 3.63) is 45.8 Å². The Morgan fingerprint density at radius 2 is 1.93 bits per heavy atom. The van der Waals surface area contributed by atoms with E-state index >= 15 is 0 Å². The van der Waals surface area contributed by atoms with E-state index in [1.807, 2.05) is 0 Å². The molecule has 0 spiro atoms. The smallest absolute Gasteiger partial charge is 0.341 e. The third kappa shape index (κ3) is 5.13. The van der Waals surface area contributed by atoms with Crippen LogP contribution in [0.4, 0.5) is 5.00 Å². The van der Waals surface area contributed by atoms with E-state index in [0.717, 1.165) is 24.8 Å². The van der Waals surface area contributed by atoms with Crippen LogP contribution in [0.5, 0.6) is 5.75 Å². The minimum atomic E-state index is -0.391. The molecule has 0 atom stereocenters. The number of nitrogens with one attached hydrogen (secondary N) is 2. The Bertz CT molecular complexity index is 920. The predicted octanol–water partition coefficient (Wildman–Crippen LogP) is 4.19. The van der Waals surface area contributed by atoms with Crippen LogP contribution in [0, 0.1) is 5.92 Å². The van der Waals surface area contributed by atoms with Crippen LogP contribution >= 0.6 is 23.6 Å². The molecule has 29 heavy (non-hydrogen) atoms. The number of rotatable bonds is 6. The summed E-state index contributed by atoms with van der Waals surface area (Å²) in [7, 11) is 1.36. The first-order valence-corrected chi connectivity index (χ1v) is 10.7. The van der Waals surface area contributed by atoms with Gasteiger partial charge in [0.15, 0.2) is 5.11 Å². The second-order valence-corrected chi connectivity index (χ2v) is 8.70. The van der Waals surface area contributed by atoms with Gasteiger partial charge in [0.1, 0.15) is 10.8 Å². The van der Waals surface area contributed by atoms with Gasteiger partial charge < -0.3 is 14.8 Å². The van der Waals surface area contributed by atoms with E-state index in [0.29, 0.717) is 34.4 Å². The van der Waals surface area contributed by atoms with Crippen molar-refractivity contribution in [1.82, 2.24) is 5.32 Å². The van der Waals surface area contributed by atoms with E-state index in [9.17, 15) is 9.59 Å². The maximum Gasteiger partial charge on any atom is 0.341 e. The lowest BCUT2D eigenvalue weighted by Gasteiger charge is -2.11. The number of hydrogen-bond donors (Lipinski definition) is 2. The number of amides is 1. The Kier molecular flexibility index (Phi) is 6.87. The van der Waals surface area contributed by atoms with Gasteiger partial charge in [-0.15, -0.1) is 11.3 Å². The first kappa shape index (κ1) is 21.3. The summed E-state index contributed by atoms with van der Waals surface area (Å²) in [6, 6.07) is 6.89. The molecule has 1 aliphatic carbocycles. The number of benzene rings is 1. The van der Waals surface area contributed by atoms with E-state index in [1.54, 1.807) is 24.3 Å². The SMILES string of the molecule is COC(=O)c1c(NC(=S)NC(=O)c2ccc(OCC(C)C)cc2)sc2c1CCC2. The van der Waals surface area contributed by atoms with E-state index in [1.165, 1.54) is 23.3 Å². The monoisotopic (exact) mass is 432 g/mol. The molecule has 0 fully saturated rings. The van der Waals surface area contributed by atoms with Gasteiger partial charge in [-0.05, 0) is 67.2 Å². The van der Waals surface area contributed by atoms with Crippen molar-refractivity contribution >= 4 is 45.5 Å². The first-order valence-electron chi connectivity index (χ1n) is 9.47. The van der Waals surface area contributed by atoms with Gasteiger partial charge in [-0.1, -0.05) is 13.8 Å². The standard InChI is InChI=1S/C21H24N2O4S2/c1-12(2)11-27-14-9-7-13(8-10-14)18(24)22-21(28)23-19-17(20(25)26-3)15-5-4-6-16(15)29-19/h7-10,12H,4-6,11H2,1-3H3,(H2,22,23,24,28). The predicted molar refractivity (Wildman–Crippen MR) is 118 cm³/mol. The third-order valence-corrected chi connectivity index (χ3v) is 5.88. The van der Waals surface area contributed by atoms with Gasteiger partial charge in [0.05, 0.1) is 19.3 Å². The van der Waals surface area contributed by atoms with Gasteiger partial charge in [-0.25, -0.2) is 4.79 Å². The highest BCUT2D eigenvalue weighted by Crippen LogP contribution is 2.39. The maximum atomic E-state index is 12.5. The molecule has 0 saturated carbocycles. The number of carbonyl (C=O) groups excluding carboxylic acids is 2. The lowest BCUT2D eigenvalue weighted by Crippen LogP contribution is -2.34. The van der Waals surface area contributed by atoms with E-state index in [4.69, 9.17) is 21.7 Å². The van der Waals surface area contributed by atoms with Crippen LogP contribution in [0.1, 0.15) is 51.4 Å². The minimum Gasteiger partial charge on any atom is -0.493 e. The molecule has 2 aromatic rings. The Hall–Kier alpha value is -2.45. The molecular weight excluding hydrogens is 408 g/mol. The summed E-state index contributed by atoms with van der Waals surface area (Å²) in [6.07, 6.45) is 2.82. The van der Waals surface area contributed by atoms with Crippen molar-refractivity contribution in [2.75, 3.05) is 19.0 Å². The number of methoxy groups -OCH3 is 1. The van der Waals surface area contributed by atoms with Gasteiger partial charge in [0.25, 0.3) is 5.91 Å². The summed E-state index contributed by atoms with van der Waals surface area (Å²) in [5.74, 6) is 0.418. The van der Waals surface area contributed by atoms with Crippen LogP contribution in [0.3, 0.4) is 0 Å². The topological polar surface area (TPSA) is 76.7 Å². The number of fused-ring (bicyclic) bond motifs is 1. The molecule has 0 unspecified atom stereocenters. The molecule has 2 N–H and O–H groups in total. The zero-order chi connectivity index (χ0) is 21.0. The molecule has 0 radical (unpaired) electrons. The summed E-state index contributed by atoms with van der Waals surface area (Å²) in [5.41, 5.74) is 2.01. The molecule has 1 aromatic heterocycles. The Labute approximate surface area is 179 Å². The Morgan fingerprint density at radius 3 is 2.59 bits per heavy atom. The fourth-order valence-electron chi connectivity index (χ4n) is 3.09. The zero-order valence-electron chi connectivity index (χ0n) is 16.7. The number of esters is 1. The summed E-state index contributed by atoms with van der Waals surface area (Å²) < 4.78 is 10.5. The van der Waals surface area contributed by atoms with Crippen molar-refractivity contribution in [3.8, 4) is 5.75 Å². The molecule has 1 aliphatic rings. The van der Waals surface area contributed by atoms with Gasteiger partial charge >= 0.3 is 5.97 Å². The zero-order valence-corrected chi connectivity index (χ0v) is 18.3. The fourth-order valence-corrected chi connectivity index (χ4v) is 4.63. The van der Waals surface area contributed by atoms with E-state index in [-0.39, 0.29) is 11.0 Å². The quantitative estimate of drug-likeness (QED) is 0.527. The molecule has 1 aromatic carbocycles. The molecule has 154 valence electrons. The Balaban J connectivity index is 1.64. The van der Waals surface area contributed by atoms with Crippen LogP contribution in [-0.2, 0) is 17.6 Å². The van der Waals surface area contributed by atoms with Crippen LogP contribution in [-0.4, -0.2) is 30.7 Å². The van der Waals surface area contributed by atoms with Crippen LogP contribution in [0.15, 0.2) is 24.3 Å². The minimum absolute atomic E-state index is 0.139. The van der Waals surface area contributed by atoms with Crippen LogP contribution < -0.4 is 15.4 Å². The number of thiophene rings is 1. The number of ether oxygens (including phenoxy) is 2. The van der Waals surface area contributed by atoms with Gasteiger partial charge in [-0.2, -0.15) is 0 Å². The van der Waals surface area contributed by atoms with Crippen molar-refractivity contribution < 1.29 is 19.1 Å². The lowest BCUT2D eigenvalue weighted by molar-refractivity contribution is 0.0601. The van der Waals surface area contributed by atoms with Crippen molar-refractivity contribution in [3.63, 3.8) is 0 Å². The van der Waals surface area contributed by atoms with E-state index in [2.05, 4.69) is 24.5 Å². The summed E-state index contributed by atoms with van der Waals surface area (Å²) >= 11 is 6.77.